The molecule has 5 rings (SSSR count). The zero-order valence-electron chi connectivity index (χ0n) is 25.9. The van der Waals surface area contributed by atoms with Gasteiger partial charge >= 0.3 is 5.97 Å². The molecule has 3 aromatic rings. The van der Waals surface area contributed by atoms with Crippen LogP contribution in [-0.2, 0) is 24.3 Å². The molecule has 0 radical (unpaired) electrons. The zero-order chi connectivity index (χ0) is 30.1. The van der Waals surface area contributed by atoms with Crippen LogP contribution in [0.3, 0.4) is 0 Å². The van der Waals surface area contributed by atoms with Gasteiger partial charge in [0.15, 0.2) is 0 Å². The minimum absolute atomic E-state index is 0.0290. The van der Waals surface area contributed by atoms with E-state index in [2.05, 4.69) is 49.7 Å². The molecule has 43 heavy (non-hydrogen) atoms. The van der Waals surface area contributed by atoms with Crippen molar-refractivity contribution in [1.82, 2.24) is 34.6 Å². The molecule has 4 heterocycles. The maximum absolute atomic E-state index is 10.9. The number of aromatic amines is 1. The fourth-order valence-electron chi connectivity index (χ4n) is 7.13. The van der Waals surface area contributed by atoms with Crippen molar-refractivity contribution in [3.05, 3.63) is 77.9 Å². The number of hydrogen-bond acceptors (Lipinski definition) is 6. The number of hydrogen-bond donors (Lipinski definition) is 3. The molecule has 1 spiro atoms. The molecular weight excluding hydrogens is 538 g/mol. The van der Waals surface area contributed by atoms with E-state index in [9.17, 15) is 4.79 Å². The largest absolute Gasteiger partial charge is 0.478 e. The summed E-state index contributed by atoms with van der Waals surface area (Å²) in [6, 6.07) is 8.64. The number of carboxylic acid groups (broad SMARTS) is 1. The molecule has 0 saturated carbocycles. The van der Waals surface area contributed by atoms with Crippen molar-refractivity contribution in [2.45, 2.75) is 84.0 Å². The Kier molecular flexibility index (Phi) is 10.8. The average molecular weight is 588 g/mol. The summed E-state index contributed by atoms with van der Waals surface area (Å²) in [6.07, 6.45) is 18.9. The Bertz CT molecular complexity index is 1310. The summed E-state index contributed by atoms with van der Waals surface area (Å²) in [6.45, 7) is 12.5. The zero-order valence-corrected chi connectivity index (χ0v) is 25.9. The smallest absolute Gasteiger partial charge is 0.328 e. The van der Waals surface area contributed by atoms with Crippen LogP contribution in [0.4, 0.5) is 0 Å². The Labute approximate surface area is 256 Å². The maximum atomic E-state index is 10.9. The van der Waals surface area contributed by atoms with E-state index >= 15 is 0 Å². The molecule has 232 valence electrons. The number of aromatic nitrogens is 4. The summed E-state index contributed by atoms with van der Waals surface area (Å²) in [5.74, 6) is 0.988. The fraction of sp³-hybridized carbons (Fsp3) is 0.559. The average Bonchev–Trinajstić information content (AvgIpc) is 3.79. The van der Waals surface area contributed by atoms with Crippen molar-refractivity contribution < 1.29 is 9.90 Å². The van der Waals surface area contributed by atoms with Gasteiger partial charge in [-0.3, -0.25) is 0 Å². The second-order valence-electron chi connectivity index (χ2n) is 12.5. The monoisotopic (exact) mass is 587 g/mol. The molecule has 2 aliphatic heterocycles. The van der Waals surface area contributed by atoms with Crippen molar-refractivity contribution in [3.63, 3.8) is 0 Å². The van der Waals surface area contributed by atoms with Crippen molar-refractivity contribution in [1.29, 1.82) is 0 Å². The summed E-state index contributed by atoms with van der Waals surface area (Å²) in [4.78, 5) is 28.9. The third-order valence-electron chi connectivity index (χ3n) is 9.67. The Morgan fingerprint density at radius 1 is 1.12 bits per heavy atom. The van der Waals surface area contributed by atoms with Crippen molar-refractivity contribution in [3.8, 4) is 0 Å². The maximum Gasteiger partial charge on any atom is 0.328 e. The standard InChI is InChI=1S/C34H49N7O2/c1-3-29(4-2)40-20-12-34(13-21-40)11-19-39(26-34)17-6-18-41-22-16-35-31(41)24-30(33-36-14-15-37-33)38-25-28-8-5-7-27(23-28)9-10-32(42)43/h5,7-10,14-16,22-23,29-30,38H,3-4,6,11-13,17-21,24-26H2,1-2H3,(H,36,37)(H,42,43)/b10-9+. The lowest BCUT2D eigenvalue weighted by molar-refractivity contribution is -0.131. The van der Waals surface area contributed by atoms with E-state index in [0.29, 0.717) is 12.0 Å². The molecule has 2 saturated heterocycles. The summed E-state index contributed by atoms with van der Waals surface area (Å²) in [5.41, 5.74) is 2.48. The first-order chi connectivity index (χ1) is 21.0. The Balaban J connectivity index is 1.12. The van der Waals surface area contributed by atoms with E-state index in [4.69, 9.17) is 10.1 Å². The summed E-state index contributed by atoms with van der Waals surface area (Å²) in [7, 11) is 0. The molecule has 1 aromatic carbocycles. The van der Waals surface area contributed by atoms with E-state index < -0.39 is 5.97 Å². The van der Waals surface area contributed by atoms with Crippen LogP contribution < -0.4 is 5.32 Å². The fourth-order valence-corrected chi connectivity index (χ4v) is 7.13. The van der Waals surface area contributed by atoms with Crippen LogP contribution in [0, 0.1) is 5.41 Å². The van der Waals surface area contributed by atoms with Crippen LogP contribution in [-0.4, -0.2) is 79.2 Å². The molecule has 0 bridgehead atoms. The number of H-pyrrole nitrogens is 1. The van der Waals surface area contributed by atoms with Gasteiger partial charge in [0.2, 0.25) is 0 Å². The van der Waals surface area contributed by atoms with E-state index in [1.807, 2.05) is 36.7 Å². The minimum Gasteiger partial charge on any atom is -0.478 e. The molecule has 2 aliphatic rings. The number of nitrogens with zero attached hydrogens (tertiary/aromatic N) is 5. The van der Waals surface area contributed by atoms with E-state index in [-0.39, 0.29) is 6.04 Å². The first kappa shape index (κ1) is 31.2. The van der Waals surface area contributed by atoms with Gasteiger partial charge in [0.1, 0.15) is 11.6 Å². The van der Waals surface area contributed by atoms with Gasteiger partial charge in [0, 0.05) is 63.0 Å². The van der Waals surface area contributed by atoms with Crippen molar-refractivity contribution in [2.75, 3.05) is 32.7 Å². The number of aryl methyl sites for hydroxylation is 1. The second-order valence-corrected chi connectivity index (χ2v) is 12.5. The molecule has 1 atom stereocenters. The van der Waals surface area contributed by atoms with Crippen LogP contribution in [0.15, 0.2) is 55.1 Å². The number of carbonyl (C=O) groups is 1. The highest BCUT2D eigenvalue weighted by Gasteiger charge is 2.40. The molecular formula is C34H49N7O2. The van der Waals surface area contributed by atoms with Crippen LogP contribution in [0.25, 0.3) is 6.08 Å². The molecule has 2 aromatic heterocycles. The molecule has 0 aliphatic carbocycles. The number of imidazole rings is 2. The van der Waals surface area contributed by atoms with Crippen LogP contribution in [0.2, 0.25) is 0 Å². The van der Waals surface area contributed by atoms with Gasteiger partial charge in [-0.2, -0.15) is 0 Å². The first-order valence-corrected chi connectivity index (χ1v) is 16.2. The molecule has 2 fully saturated rings. The third kappa shape index (κ3) is 8.43. The number of likely N-dealkylation sites (tertiary alicyclic amines) is 2. The normalized spacial score (nSPS) is 18.3. The molecule has 0 amide bonds. The highest BCUT2D eigenvalue weighted by Crippen LogP contribution is 2.41. The summed E-state index contributed by atoms with van der Waals surface area (Å²) in [5, 5.41) is 12.6. The molecule has 9 heteroatoms. The molecule has 9 nitrogen and oxygen atoms in total. The van der Waals surface area contributed by atoms with Gasteiger partial charge in [0.25, 0.3) is 0 Å². The predicted octanol–water partition coefficient (Wildman–Crippen LogP) is 5.14. The second kappa shape index (κ2) is 14.9. The van der Waals surface area contributed by atoms with Crippen LogP contribution in [0.1, 0.15) is 81.2 Å². The van der Waals surface area contributed by atoms with Gasteiger partial charge in [-0.15, -0.1) is 0 Å². The van der Waals surface area contributed by atoms with Gasteiger partial charge < -0.3 is 29.8 Å². The Morgan fingerprint density at radius 2 is 1.93 bits per heavy atom. The third-order valence-corrected chi connectivity index (χ3v) is 9.67. The number of nitrogens with one attached hydrogen (secondary N) is 2. The van der Waals surface area contributed by atoms with E-state index in [1.54, 1.807) is 12.3 Å². The SMILES string of the molecule is CCC(CC)N1CCC2(CCN(CCCn3ccnc3CC(NCc3cccc(/C=C/C(=O)O)c3)c3ncc[nH]3)C2)CC1. The van der Waals surface area contributed by atoms with Crippen molar-refractivity contribution >= 4 is 12.0 Å². The summed E-state index contributed by atoms with van der Waals surface area (Å²) < 4.78 is 2.30. The number of rotatable bonds is 15. The Hall–Kier alpha value is -3.27. The quantitative estimate of drug-likeness (QED) is 0.212. The topological polar surface area (TPSA) is 102 Å². The summed E-state index contributed by atoms with van der Waals surface area (Å²) >= 11 is 0. The molecule has 1 unspecified atom stereocenters. The Morgan fingerprint density at radius 3 is 2.67 bits per heavy atom. The molecule has 3 N–H and O–H groups in total. The van der Waals surface area contributed by atoms with Crippen molar-refractivity contribution in [2.24, 2.45) is 5.41 Å². The lowest BCUT2D eigenvalue weighted by Crippen LogP contribution is -2.45. The van der Waals surface area contributed by atoms with Gasteiger partial charge in [0.05, 0.1) is 6.04 Å². The van der Waals surface area contributed by atoms with Crippen LogP contribution in [0.5, 0.6) is 0 Å². The van der Waals surface area contributed by atoms with Gasteiger partial charge in [-0.25, -0.2) is 14.8 Å². The highest BCUT2D eigenvalue weighted by atomic mass is 16.4. The van der Waals surface area contributed by atoms with E-state index in [0.717, 1.165) is 60.8 Å². The van der Waals surface area contributed by atoms with Gasteiger partial charge in [-0.1, -0.05) is 38.1 Å². The lowest BCUT2D eigenvalue weighted by atomic mass is 9.77. The minimum atomic E-state index is -0.950. The first-order valence-electron chi connectivity index (χ1n) is 16.2. The number of aliphatic carboxylic acids is 1. The van der Waals surface area contributed by atoms with E-state index in [1.165, 1.54) is 58.3 Å². The lowest BCUT2D eigenvalue weighted by Gasteiger charge is -2.42. The predicted molar refractivity (Wildman–Crippen MR) is 170 cm³/mol. The number of benzene rings is 1. The van der Waals surface area contributed by atoms with Gasteiger partial charge in [-0.05, 0) is 87.3 Å². The highest BCUT2D eigenvalue weighted by molar-refractivity contribution is 5.85. The number of carboxylic acids is 1. The number of piperidine rings is 1. The van der Waals surface area contributed by atoms with Crippen LogP contribution >= 0.6 is 0 Å².